The lowest BCUT2D eigenvalue weighted by atomic mass is 10.0. The van der Waals surface area contributed by atoms with Crippen molar-refractivity contribution in [1.29, 1.82) is 0 Å². The Morgan fingerprint density at radius 1 is 0.365 bits per heavy atom. The van der Waals surface area contributed by atoms with Gasteiger partial charge in [-0.15, -0.1) is 0 Å². The monoisotopic (exact) mass is 660 g/mol. The number of para-hydroxylation sites is 3. The Kier molecular flexibility index (Phi) is 5.47. The van der Waals surface area contributed by atoms with Crippen LogP contribution in [-0.4, -0.2) is 18.9 Å². The Labute approximate surface area is 297 Å². The van der Waals surface area contributed by atoms with E-state index in [9.17, 15) is 0 Å². The molecular weight excluding hydrogens is 633 g/mol. The number of benzene rings is 8. The summed E-state index contributed by atoms with van der Waals surface area (Å²) in [7, 11) is 0. The minimum Gasteiger partial charge on any atom is -0.308 e. The third-order valence-electron chi connectivity index (χ3n) is 11.0. The molecule has 0 saturated carbocycles. The molecule has 0 saturated heterocycles. The maximum Gasteiger partial charge on any atom is 0.235 e. The lowest BCUT2D eigenvalue weighted by Gasteiger charge is -2.12. The molecule has 0 aliphatic rings. The van der Waals surface area contributed by atoms with Crippen molar-refractivity contribution in [3.63, 3.8) is 0 Å². The van der Waals surface area contributed by atoms with E-state index in [-0.39, 0.29) is 0 Å². The van der Waals surface area contributed by atoms with Crippen LogP contribution in [0.1, 0.15) is 0 Å². The number of nitrogens with zero attached hydrogens (tertiary/aromatic N) is 4. The Morgan fingerprint density at radius 2 is 1.06 bits per heavy atom. The molecule has 4 heterocycles. The highest BCUT2D eigenvalue weighted by atomic mass is 15.2. The summed E-state index contributed by atoms with van der Waals surface area (Å²) >= 11 is 0. The average Bonchev–Trinajstić information content (AvgIpc) is 3.85. The van der Waals surface area contributed by atoms with Crippen LogP contribution >= 0.6 is 0 Å². The van der Waals surface area contributed by atoms with Crippen LogP contribution in [0.15, 0.2) is 170 Å². The Balaban J connectivity index is 1.23. The summed E-state index contributed by atoms with van der Waals surface area (Å²) in [5.74, 6) is 0.668. The van der Waals surface area contributed by atoms with Gasteiger partial charge in [0.25, 0.3) is 0 Å². The first-order chi connectivity index (χ1) is 25.8. The highest BCUT2D eigenvalue weighted by Gasteiger charge is 2.25. The number of hydrogen-bond acceptors (Lipinski definition) is 2. The van der Waals surface area contributed by atoms with Crippen LogP contribution in [0, 0.1) is 0 Å². The van der Waals surface area contributed by atoms with E-state index >= 15 is 0 Å². The van der Waals surface area contributed by atoms with E-state index in [0.717, 1.165) is 33.2 Å². The van der Waals surface area contributed by atoms with Crippen LogP contribution in [0.25, 0.3) is 110 Å². The molecule has 0 aliphatic heterocycles. The summed E-state index contributed by atoms with van der Waals surface area (Å²) in [6.07, 6.45) is 0. The summed E-state index contributed by atoms with van der Waals surface area (Å²) in [4.78, 5) is 10.8. The van der Waals surface area contributed by atoms with Crippen molar-refractivity contribution >= 4 is 81.6 Å². The molecule has 0 amide bonds. The van der Waals surface area contributed by atoms with E-state index in [1.807, 2.05) is 0 Å². The van der Waals surface area contributed by atoms with Gasteiger partial charge in [-0.25, -0.2) is 9.97 Å². The first-order valence-electron chi connectivity index (χ1n) is 17.8. The molecule has 52 heavy (non-hydrogen) atoms. The molecule has 0 fully saturated rings. The van der Waals surface area contributed by atoms with Crippen LogP contribution in [0.2, 0.25) is 0 Å². The number of hydrogen-bond donors (Lipinski definition) is 0. The van der Waals surface area contributed by atoms with Gasteiger partial charge < -0.3 is 4.40 Å². The average molecular weight is 661 g/mol. The van der Waals surface area contributed by atoms with E-state index < -0.39 is 0 Å². The maximum atomic E-state index is 5.46. The zero-order chi connectivity index (χ0) is 33.9. The summed E-state index contributed by atoms with van der Waals surface area (Å²) in [6, 6.07) is 61.1. The predicted octanol–water partition coefficient (Wildman–Crippen LogP) is 12.4. The molecule has 0 spiro atoms. The Bertz CT molecular complexity index is 3410. The lowest BCUT2D eigenvalue weighted by Crippen LogP contribution is -2.03. The third-order valence-corrected chi connectivity index (χ3v) is 11.0. The highest BCUT2D eigenvalue weighted by molar-refractivity contribution is 6.35. The summed E-state index contributed by atoms with van der Waals surface area (Å²) in [6.45, 7) is 0. The Morgan fingerprint density at radius 3 is 1.92 bits per heavy atom. The Hall–Kier alpha value is -7.04. The lowest BCUT2D eigenvalue weighted by molar-refractivity contribution is 1.01. The van der Waals surface area contributed by atoms with Crippen LogP contribution in [0.3, 0.4) is 0 Å². The van der Waals surface area contributed by atoms with Gasteiger partial charge in [-0.1, -0.05) is 133 Å². The summed E-state index contributed by atoms with van der Waals surface area (Å²) < 4.78 is 4.78. The van der Waals surface area contributed by atoms with Crippen LogP contribution in [-0.2, 0) is 0 Å². The first-order valence-corrected chi connectivity index (χ1v) is 17.8. The van der Waals surface area contributed by atoms with Gasteiger partial charge in [0, 0.05) is 43.3 Å². The zero-order valence-electron chi connectivity index (χ0n) is 28.0. The molecule has 0 atom stereocenters. The van der Waals surface area contributed by atoms with Crippen molar-refractivity contribution in [2.75, 3.05) is 0 Å². The molecule has 0 N–H and O–H groups in total. The van der Waals surface area contributed by atoms with Crippen molar-refractivity contribution in [2.45, 2.75) is 0 Å². The molecule has 0 unspecified atom stereocenters. The second-order valence-corrected chi connectivity index (χ2v) is 13.8. The van der Waals surface area contributed by atoms with Gasteiger partial charge in [-0.05, 0) is 58.3 Å². The van der Waals surface area contributed by atoms with Gasteiger partial charge in [-0.3, -0.25) is 4.57 Å². The van der Waals surface area contributed by atoms with Crippen molar-refractivity contribution in [3.05, 3.63) is 170 Å². The molecule has 0 bridgehead atoms. The topological polar surface area (TPSA) is 35.1 Å². The minimum atomic E-state index is 0.668. The van der Waals surface area contributed by atoms with E-state index in [0.29, 0.717) is 5.95 Å². The molecule has 4 aromatic heterocycles. The molecule has 0 aliphatic carbocycles. The molecule has 4 heteroatoms. The van der Waals surface area contributed by atoms with E-state index in [1.165, 1.54) is 70.8 Å². The minimum absolute atomic E-state index is 0.668. The molecule has 4 nitrogen and oxygen atoms in total. The largest absolute Gasteiger partial charge is 0.308 e. The number of aromatic nitrogens is 4. The highest BCUT2D eigenvalue weighted by Crippen LogP contribution is 2.47. The molecule has 12 rings (SSSR count). The first kappa shape index (κ1) is 27.7. The van der Waals surface area contributed by atoms with Crippen molar-refractivity contribution in [3.8, 4) is 28.3 Å². The fourth-order valence-corrected chi connectivity index (χ4v) is 8.76. The molecule has 240 valence electrons. The van der Waals surface area contributed by atoms with E-state index in [1.54, 1.807) is 0 Å². The summed E-state index contributed by atoms with van der Waals surface area (Å²) in [5.41, 5.74) is 11.2. The van der Waals surface area contributed by atoms with Gasteiger partial charge in [0.1, 0.15) is 0 Å². The van der Waals surface area contributed by atoms with Crippen LogP contribution in [0.4, 0.5) is 0 Å². The molecule has 8 aromatic carbocycles. The van der Waals surface area contributed by atoms with Crippen molar-refractivity contribution in [1.82, 2.24) is 18.9 Å². The standard InChI is InChI=1S/C48H28N4/c1-2-12-29(13-3-1)32-24-25-34-38-28-43-44(45-37-18-8-10-20-40(37)51(47(38)45)42(34)27-32)36-17-7-11-21-41(36)52(43)48-49-39-19-9-6-16-35(39)46(50-48)33-23-22-30-14-4-5-15-31(30)26-33/h1-28H. The van der Waals surface area contributed by atoms with Crippen molar-refractivity contribution in [2.24, 2.45) is 0 Å². The van der Waals surface area contributed by atoms with Gasteiger partial charge in [-0.2, -0.15) is 0 Å². The van der Waals surface area contributed by atoms with Gasteiger partial charge in [0.2, 0.25) is 5.95 Å². The molecule has 0 radical (unpaired) electrons. The second kappa shape index (κ2) is 10.3. The maximum absolute atomic E-state index is 5.46. The van der Waals surface area contributed by atoms with Gasteiger partial charge in [0.05, 0.1) is 38.8 Å². The number of fused-ring (bicyclic) bond motifs is 12. The molecular formula is C48H28N4. The van der Waals surface area contributed by atoms with Crippen LogP contribution < -0.4 is 0 Å². The third kappa shape index (κ3) is 3.70. The number of rotatable bonds is 3. The van der Waals surface area contributed by atoms with E-state index in [2.05, 4.69) is 179 Å². The fourth-order valence-electron chi connectivity index (χ4n) is 8.76. The van der Waals surface area contributed by atoms with Gasteiger partial charge in [0.15, 0.2) is 0 Å². The second-order valence-electron chi connectivity index (χ2n) is 13.8. The van der Waals surface area contributed by atoms with Gasteiger partial charge >= 0.3 is 0 Å². The quantitative estimate of drug-likeness (QED) is 0.189. The SMILES string of the molecule is c1ccc(-c2ccc3c4cc5c(c6ccccc6n5-c5nc(-c6ccc7ccccc7c6)c6ccccc6n5)c5c6ccccc6n(c3c2)c45)cc1. The van der Waals surface area contributed by atoms with Crippen molar-refractivity contribution < 1.29 is 0 Å². The smallest absolute Gasteiger partial charge is 0.235 e. The zero-order valence-corrected chi connectivity index (χ0v) is 28.0. The molecule has 12 aromatic rings. The van der Waals surface area contributed by atoms with E-state index in [4.69, 9.17) is 9.97 Å². The van der Waals surface area contributed by atoms with Crippen LogP contribution in [0.5, 0.6) is 0 Å². The summed E-state index contributed by atoms with van der Waals surface area (Å²) in [5, 5.41) is 10.8. The predicted molar refractivity (Wildman–Crippen MR) is 217 cm³/mol. The fraction of sp³-hybridized carbons (Fsp3) is 0. The normalized spacial score (nSPS) is 12.2.